The third-order valence-electron chi connectivity index (χ3n) is 3.72. The van der Waals surface area contributed by atoms with Crippen LogP contribution >= 0.6 is 0 Å². The van der Waals surface area contributed by atoms with Gasteiger partial charge in [-0.15, -0.1) is 0 Å². The van der Waals surface area contributed by atoms with Crippen LogP contribution in [0.2, 0.25) is 0 Å². The first-order valence-corrected chi connectivity index (χ1v) is 7.97. The standard InChI is InChI=1S/C20H20N2O4/c1-12-10-17(24)8-9-18(12)22-20(26)13(2)11-19(25)21-16-6-4-15(5-7-16)14(3)23/h4-11,24H,1-3H3,(H,21,25)(H,22,26)/b13-11-. The fraction of sp³-hybridized carbons (Fsp3) is 0.150. The number of hydrogen-bond donors (Lipinski definition) is 3. The molecule has 3 N–H and O–H groups in total. The van der Waals surface area contributed by atoms with E-state index < -0.39 is 11.8 Å². The number of rotatable bonds is 5. The summed E-state index contributed by atoms with van der Waals surface area (Å²) in [5.41, 5.74) is 2.58. The van der Waals surface area contributed by atoms with Crippen molar-refractivity contribution >= 4 is 29.0 Å². The van der Waals surface area contributed by atoms with Crippen molar-refractivity contribution < 1.29 is 19.5 Å². The molecule has 0 aliphatic heterocycles. The first kappa shape index (κ1) is 18.9. The molecular weight excluding hydrogens is 332 g/mol. The van der Waals surface area contributed by atoms with Crippen LogP contribution in [0.5, 0.6) is 5.75 Å². The number of phenols is 1. The lowest BCUT2D eigenvalue weighted by Gasteiger charge is -2.09. The van der Waals surface area contributed by atoms with Gasteiger partial charge in [0.1, 0.15) is 5.75 Å². The number of benzene rings is 2. The molecule has 0 aliphatic rings. The number of hydrogen-bond acceptors (Lipinski definition) is 4. The lowest BCUT2D eigenvalue weighted by atomic mass is 10.1. The summed E-state index contributed by atoms with van der Waals surface area (Å²) in [4.78, 5) is 35.5. The van der Waals surface area contributed by atoms with Gasteiger partial charge < -0.3 is 15.7 Å². The molecule has 0 aromatic heterocycles. The van der Waals surface area contributed by atoms with E-state index in [0.29, 0.717) is 22.5 Å². The highest BCUT2D eigenvalue weighted by Gasteiger charge is 2.09. The summed E-state index contributed by atoms with van der Waals surface area (Å²) in [6.45, 7) is 4.75. The minimum absolute atomic E-state index is 0.0557. The smallest absolute Gasteiger partial charge is 0.251 e. The van der Waals surface area contributed by atoms with Gasteiger partial charge in [0.25, 0.3) is 5.91 Å². The third kappa shape index (κ3) is 5.04. The van der Waals surface area contributed by atoms with E-state index >= 15 is 0 Å². The topological polar surface area (TPSA) is 95.5 Å². The molecule has 0 fully saturated rings. The molecule has 26 heavy (non-hydrogen) atoms. The second-order valence-electron chi connectivity index (χ2n) is 5.90. The third-order valence-corrected chi connectivity index (χ3v) is 3.72. The molecule has 0 atom stereocenters. The maximum absolute atomic E-state index is 12.2. The van der Waals surface area contributed by atoms with Crippen LogP contribution in [-0.4, -0.2) is 22.7 Å². The van der Waals surface area contributed by atoms with Gasteiger partial charge in [-0.3, -0.25) is 14.4 Å². The normalized spacial score (nSPS) is 11.0. The van der Waals surface area contributed by atoms with E-state index in [2.05, 4.69) is 10.6 Å². The molecule has 2 aromatic rings. The molecule has 0 radical (unpaired) electrons. The zero-order chi connectivity index (χ0) is 19.3. The largest absolute Gasteiger partial charge is 0.508 e. The van der Waals surface area contributed by atoms with Crippen LogP contribution in [0.25, 0.3) is 0 Å². The van der Waals surface area contributed by atoms with Gasteiger partial charge in [0, 0.05) is 28.6 Å². The Morgan fingerprint density at radius 2 is 1.62 bits per heavy atom. The van der Waals surface area contributed by atoms with E-state index in [1.165, 1.54) is 32.1 Å². The van der Waals surface area contributed by atoms with Crippen molar-refractivity contribution in [2.24, 2.45) is 0 Å². The molecule has 2 rings (SSSR count). The zero-order valence-electron chi connectivity index (χ0n) is 14.8. The summed E-state index contributed by atoms with van der Waals surface area (Å²) in [6.07, 6.45) is 1.20. The maximum Gasteiger partial charge on any atom is 0.251 e. The van der Waals surface area contributed by atoms with E-state index in [1.54, 1.807) is 37.3 Å². The van der Waals surface area contributed by atoms with Gasteiger partial charge in [0.05, 0.1) is 0 Å². The Labute approximate surface area is 151 Å². The van der Waals surface area contributed by atoms with Gasteiger partial charge >= 0.3 is 0 Å². The highest BCUT2D eigenvalue weighted by molar-refractivity contribution is 6.10. The lowest BCUT2D eigenvalue weighted by Crippen LogP contribution is -2.16. The zero-order valence-corrected chi connectivity index (χ0v) is 14.8. The van der Waals surface area contributed by atoms with E-state index in [1.807, 2.05) is 0 Å². The van der Waals surface area contributed by atoms with E-state index in [-0.39, 0.29) is 17.1 Å². The molecule has 0 unspecified atom stereocenters. The number of carbonyl (C=O) groups excluding carboxylic acids is 3. The summed E-state index contributed by atoms with van der Waals surface area (Å²) in [7, 11) is 0. The van der Waals surface area contributed by atoms with Crippen molar-refractivity contribution in [3.8, 4) is 5.75 Å². The lowest BCUT2D eigenvalue weighted by molar-refractivity contribution is -0.114. The molecule has 6 nitrogen and oxygen atoms in total. The highest BCUT2D eigenvalue weighted by Crippen LogP contribution is 2.20. The summed E-state index contributed by atoms with van der Waals surface area (Å²) in [6, 6.07) is 11.1. The van der Waals surface area contributed by atoms with Crippen molar-refractivity contribution in [1.82, 2.24) is 0 Å². The number of aromatic hydroxyl groups is 1. The van der Waals surface area contributed by atoms with Gasteiger partial charge in [0.2, 0.25) is 5.91 Å². The first-order valence-electron chi connectivity index (χ1n) is 7.97. The fourth-order valence-electron chi connectivity index (χ4n) is 2.24. The average molecular weight is 352 g/mol. The van der Waals surface area contributed by atoms with Crippen molar-refractivity contribution in [2.45, 2.75) is 20.8 Å². The van der Waals surface area contributed by atoms with Gasteiger partial charge in [-0.2, -0.15) is 0 Å². The van der Waals surface area contributed by atoms with Gasteiger partial charge in [-0.25, -0.2) is 0 Å². The van der Waals surface area contributed by atoms with Gasteiger partial charge in [0.15, 0.2) is 5.78 Å². The number of anilines is 2. The van der Waals surface area contributed by atoms with Crippen molar-refractivity contribution in [2.75, 3.05) is 10.6 Å². The van der Waals surface area contributed by atoms with E-state index in [0.717, 1.165) is 0 Å². The molecule has 0 aliphatic carbocycles. The molecule has 2 amide bonds. The first-order chi connectivity index (χ1) is 12.3. The molecule has 0 spiro atoms. The predicted molar refractivity (Wildman–Crippen MR) is 100 cm³/mol. The second-order valence-corrected chi connectivity index (χ2v) is 5.90. The van der Waals surface area contributed by atoms with Crippen LogP contribution in [0, 0.1) is 6.92 Å². The molecule has 134 valence electrons. The van der Waals surface area contributed by atoms with Crippen LogP contribution in [0.3, 0.4) is 0 Å². The van der Waals surface area contributed by atoms with Crippen LogP contribution < -0.4 is 10.6 Å². The minimum Gasteiger partial charge on any atom is -0.508 e. The average Bonchev–Trinajstić information content (AvgIpc) is 2.57. The Kier molecular flexibility index (Phi) is 5.90. The van der Waals surface area contributed by atoms with Crippen LogP contribution in [0.4, 0.5) is 11.4 Å². The summed E-state index contributed by atoms with van der Waals surface area (Å²) >= 11 is 0. The Bertz CT molecular complexity index is 883. The second kappa shape index (κ2) is 8.11. The van der Waals surface area contributed by atoms with Gasteiger partial charge in [-0.05, 0) is 68.8 Å². The van der Waals surface area contributed by atoms with Crippen molar-refractivity contribution in [1.29, 1.82) is 0 Å². The molecule has 0 saturated carbocycles. The maximum atomic E-state index is 12.2. The predicted octanol–water partition coefficient (Wildman–Crippen LogP) is 3.43. The fourth-order valence-corrected chi connectivity index (χ4v) is 2.24. The molecule has 2 aromatic carbocycles. The Balaban J connectivity index is 2.01. The summed E-state index contributed by atoms with van der Waals surface area (Å²) in [5, 5.41) is 14.7. The van der Waals surface area contributed by atoms with Crippen molar-refractivity contribution in [3.05, 3.63) is 65.2 Å². The van der Waals surface area contributed by atoms with Gasteiger partial charge in [-0.1, -0.05) is 0 Å². The Morgan fingerprint density at radius 1 is 0.962 bits per heavy atom. The van der Waals surface area contributed by atoms with Crippen LogP contribution in [-0.2, 0) is 9.59 Å². The monoisotopic (exact) mass is 352 g/mol. The number of nitrogens with one attached hydrogen (secondary N) is 2. The number of aryl methyl sites for hydroxylation is 1. The van der Waals surface area contributed by atoms with Crippen molar-refractivity contribution in [3.63, 3.8) is 0 Å². The van der Waals surface area contributed by atoms with Crippen LogP contribution in [0.1, 0.15) is 29.8 Å². The van der Waals surface area contributed by atoms with Crippen LogP contribution in [0.15, 0.2) is 54.1 Å². The number of Topliss-reactive ketones (excluding diaryl/α,β-unsaturated/α-hetero) is 1. The minimum atomic E-state index is -0.448. The molecule has 0 heterocycles. The molecule has 0 bridgehead atoms. The quantitative estimate of drug-likeness (QED) is 0.436. The summed E-state index contributed by atoms with van der Waals surface area (Å²) in [5.74, 6) is -0.806. The summed E-state index contributed by atoms with van der Waals surface area (Å²) < 4.78 is 0. The number of phenolic OH excluding ortho intramolecular Hbond substituents is 1. The number of carbonyl (C=O) groups is 3. The molecule has 0 saturated heterocycles. The molecular formula is C20H20N2O4. The molecule has 6 heteroatoms. The van der Waals surface area contributed by atoms with E-state index in [4.69, 9.17) is 0 Å². The Morgan fingerprint density at radius 3 is 2.19 bits per heavy atom. The number of amides is 2. The SMILES string of the molecule is CC(=O)c1ccc(NC(=O)/C=C(/C)C(=O)Nc2ccc(O)cc2C)cc1. The van der Waals surface area contributed by atoms with E-state index in [9.17, 15) is 19.5 Å². The number of ketones is 1. The highest BCUT2D eigenvalue weighted by atomic mass is 16.3. The Hall–Kier alpha value is -3.41.